The second-order valence-corrected chi connectivity index (χ2v) is 7.37. The summed E-state index contributed by atoms with van der Waals surface area (Å²) in [5, 5.41) is 2.79. The van der Waals surface area contributed by atoms with Crippen LogP contribution in [-0.4, -0.2) is 12.5 Å². The van der Waals surface area contributed by atoms with E-state index >= 15 is 0 Å². The molecule has 25 heavy (non-hydrogen) atoms. The molecule has 1 amide bonds. The van der Waals surface area contributed by atoms with Gasteiger partial charge in [-0.2, -0.15) is 4.39 Å². The quantitative estimate of drug-likeness (QED) is 0.627. The number of carbonyl (C=O) groups is 1. The fourth-order valence-electron chi connectivity index (χ4n) is 2.42. The number of hydrogen-bond acceptors (Lipinski definition) is 3. The zero-order valence-corrected chi connectivity index (χ0v) is 15.7. The summed E-state index contributed by atoms with van der Waals surface area (Å²) < 4.78 is 35.3. The first-order valence-electron chi connectivity index (χ1n) is 7.84. The molecule has 2 aromatic rings. The molecule has 0 radical (unpaired) electrons. The molecular weight excluding hydrogens is 441 g/mol. The summed E-state index contributed by atoms with van der Waals surface area (Å²) in [6.45, 7) is 2.13. The van der Waals surface area contributed by atoms with Gasteiger partial charge in [0.1, 0.15) is 0 Å². The van der Waals surface area contributed by atoms with Gasteiger partial charge >= 0.3 is 0 Å². The summed E-state index contributed by atoms with van der Waals surface area (Å²) in [5.74, 6) is -3.09. The molecule has 0 heterocycles. The zero-order valence-electron chi connectivity index (χ0n) is 13.5. The first-order valence-corrected chi connectivity index (χ1v) is 8.92. The predicted molar refractivity (Wildman–Crippen MR) is 100 cm³/mol. The van der Waals surface area contributed by atoms with Crippen molar-refractivity contribution in [2.45, 2.75) is 19.8 Å². The molecule has 1 saturated carbocycles. The maximum Gasteiger partial charge on any atom is 0.251 e. The second-order valence-electron chi connectivity index (χ2n) is 6.13. The van der Waals surface area contributed by atoms with Gasteiger partial charge in [-0.15, -0.1) is 0 Å². The highest BCUT2D eigenvalue weighted by Crippen LogP contribution is 2.35. The van der Waals surface area contributed by atoms with E-state index in [1.54, 1.807) is 6.07 Å². The number of benzene rings is 2. The van der Waals surface area contributed by atoms with E-state index in [0.717, 1.165) is 28.0 Å². The van der Waals surface area contributed by atoms with Crippen LogP contribution in [0.2, 0.25) is 0 Å². The number of anilines is 2. The SMILES string of the molecule is Cc1cc(I)ccc1Nc1c(C(N)=O)cc(OCC2CC2)c(F)c1F. The minimum atomic E-state index is -1.18. The van der Waals surface area contributed by atoms with Crippen LogP contribution in [-0.2, 0) is 0 Å². The van der Waals surface area contributed by atoms with Crippen LogP contribution in [0, 0.1) is 28.0 Å². The molecule has 0 saturated heterocycles. The van der Waals surface area contributed by atoms with Crippen molar-refractivity contribution in [2.24, 2.45) is 11.7 Å². The Morgan fingerprint density at radius 3 is 2.64 bits per heavy atom. The topological polar surface area (TPSA) is 64.3 Å². The Morgan fingerprint density at radius 1 is 1.32 bits per heavy atom. The third-order valence-corrected chi connectivity index (χ3v) is 4.73. The first-order chi connectivity index (χ1) is 11.9. The molecule has 2 aromatic carbocycles. The van der Waals surface area contributed by atoms with Crippen LogP contribution in [0.15, 0.2) is 24.3 Å². The minimum absolute atomic E-state index is 0.150. The van der Waals surface area contributed by atoms with Crippen molar-refractivity contribution in [3.05, 3.63) is 50.6 Å². The molecule has 1 fully saturated rings. The van der Waals surface area contributed by atoms with Gasteiger partial charge in [-0.25, -0.2) is 4.39 Å². The molecule has 132 valence electrons. The lowest BCUT2D eigenvalue weighted by molar-refractivity contribution is 0.1000. The van der Waals surface area contributed by atoms with Crippen LogP contribution in [0.1, 0.15) is 28.8 Å². The van der Waals surface area contributed by atoms with Crippen molar-refractivity contribution < 1.29 is 18.3 Å². The van der Waals surface area contributed by atoms with Crippen molar-refractivity contribution in [2.75, 3.05) is 11.9 Å². The van der Waals surface area contributed by atoms with Crippen molar-refractivity contribution in [1.29, 1.82) is 0 Å². The van der Waals surface area contributed by atoms with Crippen LogP contribution >= 0.6 is 22.6 Å². The third-order valence-electron chi connectivity index (χ3n) is 4.06. The molecule has 1 aliphatic rings. The lowest BCUT2D eigenvalue weighted by Crippen LogP contribution is -2.16. The van der Waals surface area contributed by atoms with Gasteiger partial charge in [0.2, 0.25) is 5.82 Å². The van der Waals surface area contributed by atoms with E-state index in [2.05, 4.69) is 27.9 Å². The number of halogens is 3. The Balaban J connectivity index is 1.99. The van der Waals surface area contributed by atoms with E-state index in [1.165, 1.54) is 0 Å². The number of nitrogens with one attached hydrogen (secondary N) is 1. The van der Waals surface area contributed by atoms with Gasteiger partial charge in [0.15, 0.2) is 11.6 Å². The van der Waals surface area contributed by atoms with Gasteiger partial charge in [0.05, 0.1) is 17.9 Å². The predicted octanol–water partition coefficient (Wildman–Crippen LogP) is 4.51. The maximum absolute atomic E-state index is 14.6. The lowest BCUT2D eigenvalue weighted by Gasteiger charge is -2.16. The fraction of sp³-hybridized carbons (Fsp3) is 0.278. The molecule has 0 atom stereocenters. The van der Waals surface area contributed by atoms with Crippen LogP contribution in [0.4, 0.5) is 20.2 Å². The largest absolute Gasteiger partial charge is 0.490 e. The van der Waals surface area contributed by atoms with E-state index < -0.39 is 17.5 Å². The smallest absolute Gasteiger partial charge is 0.251 e. The van der Waals surface area contributed by atoms with Gasteiger partial charge in [-0.1, -0.05) is 0 Å². The molecule has 0 bridgehead atoms. The number of amides is 1. The van der Waals surface area contributed by atoms with Gasteiger partial charge in [0.25, 0.3) is 5.91 Å². The molecule has 0 spiro atoms. The number of aryl methyl sites for hydroxylation is 1. The average Bonchev–Trinajstić information content (AvgIpc) is 3.37. The summed E-state index contributed by atoms with van der Waals surface area (Å²) in [5.41, 5.74) is 6.32. The fourth-order valence-corrected chi connectivity index (χ4v) is 3.07. The Bertz CT molecular complexity index is 838. The molecule has 7 heteroatoms. The van der Waals surface area contributed by atoms with Gasteiger partial charge < -0.3 is 15.8 Å². The number of carbonyl (C=O) groups excluding carboxylic acids is 1. The third kappa shape index (κ3) is 4.02. The van der Waals surface area contributed by atoms with Gasteiger partial charge in [-0.05, 0) is 78.1 Å². The average molecular weight is 458 g/mol. The number of nitrogens with two attached hydrogens (primary N) is 1. The van der Waals surface area contributed by atoms with Crippen molar-refractivity contribution in [1.82, 2.24) is 0 Å². The monoisotopic (exact) mass is 458 g/mol. The minimum Gasteiger partial charge on any atom is -0.490 e. The van der Waals surface area contributed by atoms with Crippen LogP contribution in [0.25, 0.3) is 0 Å². The van der Waals surface area contributed by atoms with Gasteiger partial charge in [0, 0.05) is 9.26 Å². The molecule has 0 unspecified atom stereocenters. The summed E-state index contributed by atoms with van der Waals surface area (Å²) in [4.78, 5) is 11.8. The number of primary amides is 1. The molecule has 4 nitrogen and oxygen atoms in total. The molecule has 0 aliphatic heterocycles. The zero-order chi connectivity index (χ0) is 18.1. The number of hydrogen-bond donors (Lipinski definition) is 2. The van der Waals surface area contributed by atoms with E-state index in [4.69, 9.17) is 10.5 Å². The van der Waals surface area contributed by atoms with E-state index in [-0.39, 0.29) is 17.0 Å². The first kappa shape index (κ1) is 17.9. The molecule has 3 rings (SSSR count). The van der Waals surface area contributed by atoms with Crippen LogP contribution in [0.5, 0.6) is 5.75 Å². The maximum atomic E-state index is 14.6. The van der Waals surface area contributed by atoms with E-state index in [1.807, 2.05) is 19.1 Å². The number of rotatable bonds is 6. The Labute approximate surface area is 157 Å². The van der Waals surface area contributed by atoms with E-state index in [9.17, 15) is 13.6 Å². The summed E-state index contributed by atoms with van der Waals surface area (Å²) >= 11 is 2.15. The van der Waals surface area contributed by atoms with E-state index in [0.29, 0.717) is 18.2 Å². The lowest BCUT2D eigenvalue weighted by atomic mass is 10.1. The van der Waals surface area contributed by atoms with Crippen molar-refractivity contribution >= 4 is 39.9 Å². The Kier molecular flexibility index (Phi) is 5.12. The summed E-state index contributed by atoms with van der Waals surface area (Å²) in [7, 11) is 0. The highest BCUT2D eigenvalue weighted by Gasteiger charge is 2.26. The highest BCUT2D eigenvalue weighted by molar-refractivity contribution is 14.1. The Morgan fingerprint density at radius 2 is 2.04 bits per heavy atom. The molecule has 0 aromatic heterocycles. The van der Waals surface area contributed by atoms with Crippen molar-refractivity contribution in [3.63, 3.8) is 0 Å². The van der Waals surface area contributed by atoms with Crippen LogP contribution < -0.4 is 15.8 Å². The Hall–Kier alpha value is -1.90. The van der Waals surface area contributed by atoms with Gasteiger partial charge in [-0.3, -0.25) is 4.79 Å². The van der Waals surface area contributed by atoms with Crippen LogP contribution in [0.3, 0.4) is 0 Å². The summed E-state index contributed by atoms with van der Waals surface area (Å²) in [6.07, 6.45) is 2.02. The normalized spacial score (nSPS) is 13.6. The highest BCUT2D eigenvalue weighted by atomic mass is 127. The molecular formula is C18H17F2IN2O2. The standard InChI is InChI=1S/C18H17F2IN2O2/c1-9-6-11(21)4-5-13(9)23-17-12(18(22)24)7-14(15(19)16(17)20)25-8-10-2-3-10/h4-7,10,23H,2-3,8H2,1H3,(H2,22,24). The molecule has 1 aliphatic carbocycles. The summed E-state index contributed by atoms with van der Waals surface area (Å²) in [6, 6.07) is 6.60. The number of ether oxygens (including phenoxy) is 1. The second kappa shape index (κ2) is 7.15. The van der Waals surface area contributed by atoms with Crippen molar-refractivity contribution in [3.8, 4) is 5.75 Å². The molecule has 3 N–H and O–H groups in total.